The van der Waals surface area contributed by atoms with Crippen LogP contribution in [0.25, 0.3) is 11.3 Å². The first-order valence-corrected chi connectivity index (χ1v) is 11.1. The molecule has 0 saturated heterocycles. The molecule has 34 heavy (non-hydrogen) atoms. The minimum atomic E-state index is -0.703. The molecule has 0 spiro atoms. The molecule has 0 saturated carbocycles. The van der Waals surface area contributed by atoms with Gasteiger partial charge in [-0.15, -0.1) is 0 Å². The Morgan fingerprint density at radius 1 is 1.12 bits per heavy atom. The minimum absolute atomic E-state index is 0.00706. The number of aromatic nitrogens is 3. The fourth-order valence-electron chi connectivity index (χ4n) is 3.03. The van der Waals surface area contributed by atoms with Crippen molar-refractivity contribution in [2.45, 2.75) is 39.8 Å². The maximum absolute atomic E-state index is 12.5. The van der Waals surface area contributed by atoms with E-state index in [2.05, 4.69) is 15.4 Å². The SMILES string of the molecule is COC(=O)c1nn(Cc2ccc(OC)cc2)cc1-c1nc(NC(=O)OC(C)(C)C)sc1C(C)=O. The first kappa shape index (κ1) is 24.9. The average Bonchev–Trinajstić information content (AvgIpc) is 3.36. The third-order valence-electron chi connectivity index (χ3n) is 4.45. The Morgan fingerprint density at radius 3 is 2.35 bits per heavy atom. The Bertz CT molecular complexity index is 1210. The summed E-state index contributed by atoms with van der Waals surface area (Å²) in [6, 6.07) is 7.41. The molecule has 1 amide bonds. The highest BCUT2D eigenvalue weighted by molar-refractivity contribution is 7.18. The molecule has 0 bridgehead atoms. The number of esters is 1. The smallest absolute Gasteiger partial charge is 0.413 e. The van der Waals surface area contributed by atoms with E-state index in [4.69, 9.17) is 14.2 Å². The fraction of sp³-hybridized carbons (Fsp3) is 0.348. The highest BCUT2D eigenvalue weighted by Gasteiger charge is 2.27. The second-order valence-corrected chi connectivity index (χ2v) is 9.31. The maximum atomic E-state index is 12.5. The number of methoxy groups -OCH3 is 2. The number of hydrogen-bond donors (Lipinski definition) is 1. The summed E-state index contributed by atoms with van der Waals surface area (Å²) in [6.07, 6.45) is 0.918. The molecule has 0 aliphatic carbocycles. The van der Waals surface area contributed by atoms with Crippen LogP contribution in [0.15, 0.2) is 30.5 Å². The Hall–Kier alpha value is -3.73. The standard InChI is InChI=1S/C23H26N4O6S/c1-13(28)19-17(24-21(34-19)25-22(30)33-23(2,3)4)16-12-27(26-18(16)20(29)32-6)11-14-7-9-15(31-5)10-8-14/h7-10,12H,11H2,1-6H3,(H,24,25,30). The Labute approximate surface area is 200 Å². The molecule has 3 rings (SSSR count). The van der Waals surface area contributed by atoms with Gasteiger partial charge in [-0.2, -0.15) is 5.10 Å². The quantitative estimate of drug-likeness (QED) is 0.385. The van der Waals surface area contributed by atoms with E-state index in [1.165, 1.54) is 14.0 Å². The Kier molecular flexibility index (Phi) is 7.35. The van der Waals surface area contributed by atoms with E-state index in [0.29, 0.717) is 12.1 Å². The van der Waals surface area contributed by atoms with Crippen LogP contribution in [0, 0.1) is 0 Å². The molecule has 0 aliphatic heterocycles. The highest BCUT2D eigenvalue weighted by atomic mass is 32.1. The molecular weight excluding hydrogens is 460 g/mol. The summed E-state index contributed by atoms with van der Waals surface area (Å²) in [5.41, 5.74) is 0.772. The number of carbonyl (C=O) groups is 3. The number of ether oxygens (including phenoxy) is 3. The molecule has 11 heteroatoms. The predicted octanol–water partition coefficient (Wildman–Crippen LogP) is 4.40. The van der Waals surface area contributed by atoms with E-state index in [1.54, 1.807) is 38.8 Å². The van der Waals surface area contributed by atoms with Gasteiger partial charge in [0.25, 0.3) is 0 Å². The van der Waals surface area contributed by atoms with Crippen LogP contribution in [0.2, 0.25) is 0 Å². The topological polar surface area (TPSA) is 122 Å². The number of carbonyl (C=O) groups excluding carboxylic acids is 3. The lowest BCUT2D eigenvalue weighted by molar-refractivity contribution is 0.0591. The molecule has 3 aromatic rings. The van der Waals surface area contributed by atoms with E-state index in [0.717, 1.165) is 22.6 Å². The number of amides is 1. The van der Waals surface area contributed by atoms with Gasteiger partial charge in [0.1, 0.15) is 11.4 Å². The lowest BCUT2D eigenvalue weighted by Gasteiger charge is -2.18. The van der Waals surface area contributed by atoms with Crippen molar-refractivity contribution in [2.24, 2.45) is 0 Å². The van der Waals surface area contributed by atoms with E-state index in [-0.39, 0.29) is 27.2 Å². The largest absolute Gasteiger partial charge is 0.497 e. The van der Waals surface area contributed by atoms with Crippen molar-refractivity contribution in [1.29, 1.82) is 0 Å². The van der Waals surface area contributed by atoms with Crippen molar-refractivity contribution >= 4 is 34.3 Å². The molecular formula is C23H26N4O6S. The molecule has 0 aliphatic rings. The van der Waals surface area contributed by atoms with Gasteiger partial charge in [-0.25, -0.2) is 14.6 Å². The van der Waals surface area contributed by atoms with Crippen molar-refractivity contribution in [2.75, 3.05) is 19.5 Å². The highest BCUT2D eigenvalue weighted by Crippen LogP contribution is 2.34. The summed E-state index contributed by atoms with van der Waals surface area (Å²) >= 11 is 0.986. The fourth-order valence-corrected chi connectivity index (χ4v) is 3.89. The second-order valence-electron chi connectivity index (χ2n) is 8.31. The van der Waals surface area contributed by atoms with Gasteiger partial charge in [0.05, 0.1) is 36.9 Å². The number of rotatable bonds is 7. The van der Waals surface area contributed by atoms with Crippen LogP contribution in [0.5, 0.6) is 5.75 Å². The number of Topliss-reactive ketones (excluding diaryl/α,β-unsaturated/α-hetero) is 1. The summed E-state index contributed by atoms with van der Waals surface area (Å²) in [5, 5.41) is 7.07. The van der Waals surface area contributed by atoms with E-state index >= 15 is 0 Å². The Balaban J connectivity index is 1.99. The predicted molar refractivity (Wildman–Crippen MR) is 127 cm³/mol. The Morgan fingerprint density at radius 2 is 1.79 bits per heavy atom. The minimum Gasteiger partial charge on any atom is -0.497 e. The van der Waals surface area contributed by atoms with E-state index in [1.807, 2.05) is 24.3 Å². The van der Waals surface area contributed by atoms with Crippen LogP contribution < -0.4 is 10.1 Å². The zero-order chi connectivity index (χ0) is 25.0. The number of nitrogens with one attached hydrogen (secondary N) is 1. The molecule has 0 unspecified atom stereocenters. The van der Waals surface area contributed by atoms with Gasteiger partial charge < -0.3 is 14.2 Å². The monoisotopic (exact) mass is 486 g/mol. The summed E-state index contributed by atoms with van der Waals surface area (Å²) in [5.74, 6) is -0.227. The zero-order valence-corrected chi connectivity index (χ0v) is 20.6. The van der Waals surface area contributed by atoms with Crippen LogP contribution >= 0.6 is 11.3 Å². The van der Waals surface area contributed by atoms with Crippen molar-refractivity contribution in [1.82, 2.24) is 14.8 Å². The van der Waals surface area contributed by atoms with Gasteiger partial charge >= 0.3 is 12.1 Å². The van der Waals surface area contributed by atoms with E-state index < -0.39 is 17.7 Å². The first-order chi connectivity index (χ1) is 16.0. The van der Waals surface area contributed by atoms with Gasteiger partial charge in [-0.3, -0.25) is 14.8 Å². The van der Waals surface area contributed by atoms with Crippen LogP contribution in [0.4, 0.5) is 9.93 Å². The number of thiazole rings is 1. The lowest BCUT2D eigenvalue weighted by Crippen LogP contribution is -2.27. The number of nitrogens with zero attached hydrogens (tertiary/aromatic N) is 3. The number of anilines is 1. The third kappa shape index (κ3) is 5.98. The molecule has 0 atom stereocenters. The lowest BCUT2D eigenvalue weighted by atomic mass is 10.1. The molecule has 180 valence electrons. The van der Waals surface area contributed by atoms with Gasteiger partial charge in [0.15, 0.2) is 16.6 Å². The first-order valence-electron chi connectivity index (χ1n) is 10.3. The second kappa shape index (κ2) is 10.0. The molecule has 1 N–H and O–H groups in total. The summed E-state index contributed by atoms with van der Waals surface area (Å²) in [7, 11) is 2.83. The van der Waals surface area contributed by atoms with Gasteiger partial charge in [0, 0.05) is 13.1 Å². The van der Waals surface area contributed by atoms with Crippen molar-refractivity contribution < 1.29 is 28.6 Å². The normalized spacial score (nSPS) is 11.1. The molecule has 2 heterocycles. The third-order valence-corrected chi connectivity index (χ3v) is 5.53. The van der Waals surface area contributed by atoms with Crippen molar-refractivity contribution in [3.63, 3.8) is 0 Å². The van der Waals surface area contributed by atoms with Crippen molar-refractivity contribution in [3.8, 4) is 17.0 Å². The van der Waals surface area contributed by atoms with Gasteiger partial charge in [0.2, 0.25) is 0 Å². The molecule has 0 radical (unpaired) electrons. The van der Waals surface area contributed by atoms with Crippen LogP contribution in [0.3, 0.4) is 0 Å². The molecule has 1 aromatic carbocycles. The summed E-state index contributed by atoms with van der Waals surface area (Å²) < 4.78 is 16.9. The van der Waals surface area contributed by atoms with Crippen molar-refractivity contribution in [3.05, 3.63) is 46.6 Å². The molecule has 10 nitrogen and oxygen atoms in total. The molecule has 0 fully saturated rings. The van der Waals surface area contributed by atoms with Crippen LogP contribution in [-0.2, 0) is 16.0 Å². The van der Waals surface area contributed by atoms with Crippen LogP contribution in [0.1, 0.15) is 53.4 Å². The zero-order valence-electron chi connectivity index (χ0n) is 19.8. The van der Waals surface area contributed by atoms with Gasteiger partial charge in [-0.1, -0.05) is 23.5 Å². The van der Waals surface area contributed by atoms with E-state index in [9.17, 15) is 14.4 Å². The summed E-state index contributed by atoms with van der Waals surface area (Å²) in [6.45, 7) is 6.95. The average molecular weight is 487 g/mol. The van der Waals surface area contributed by atoms with Gasteiger partial charge in [-0.05, 0) is 38.5 Å². The maximum Gasteiger partial charge on any atom is 0.413 e. The molecule has 2 aromatic heterocycles. The summed E-state index contributed by atoms with van der Waals surface area (Å²) in [4.78, 5) is 41.7. The number of hydrogen-bond acceptors (Lipinski definition) is 9. The number of ketones is 1. The van der Waals surface area contributed by atoms with Crippen LogP contribution in [-0.4, -0.2) is 52.4 Å². The number of benzene rings is 1.